The van der Waals surface area contributed by atoms with Crippen molar-refractivity contribution in [3.8, 4) is 0 Å². The summed E-state index contributed by atoms with van der Waals surface area (Å²) in [6.45, 7) is 0.662. The fourth-order valence-corrected chi connectivity index (χ4v) is 4.58. The van der Waals surface area contributed by atoms with Crippen LogP contribution in [0.1, 0.15) is 43.3 Å². The summed E-state index contributed by atoms with van der Waals surface area (Å²) in [5, 5.41) is 12.6. The zero-order valence-corrected chi connectivity index (χ0v) is 19.6. The summed E-state index contributed by atoms with van der Waals surface area (Å²) in [5.41, 5.74) is 4.58. The van der Waals surface area contributed by atoms with Gasteiger partial charge in [0, 0.05) is 42.2 Å². The molecule has 0 saturated heterocycles. The molecule has 0 atom stereocenters. The first kappa shape index (κ1) is 23.0. The Bertz CT molecular complexity index is 1290. The van der Waals surface area contributed by atoms with Gasteiger partial charge < -0.3 is 15.0 Å². The summed E-state index contributed by atoms with van der Waals surface area (Å²) < 4.78 is 5.28. The number of methoxy groups -OCH3 is 1. The molecule has 0 fully saturated rings. The number of halogens is 1. The number of aromatic nitrogens is 3. The Kier molecular flexibility index (Phi) is 7.39. The predicted octanol–water partition coefficient (Wildman–Crippen LogP) is 4.07. The highest BCUT2D eigenvalue weighted by Gasteiger charge is 2.20. The standard InChI is InChI=1S/C24H23ClN4O3S/c1-32-14-20-18(22(29-28-20)24(31)27-13-21-19(25)8-10-33-21)12-16-6-4-15(5-7-16)11-17-3-2-9-26-23(17)30/h2-10H,11-14H2,1H3,(H,26,30)(H,27,31)(H,28,29). The Hall–Kier alpha value is -3.20. The molecular weight excluding hydrogens is 460 g/mol. The molecule has 170 valence electrons. The van der Waals surface area contributed by atoms with Crippen LogP contribution in [0.25, 0.3) is 0 Å². The molecule has 4 rings (SSSR count). The van der Waals surface area contributed by atoms with Crippen LogP contribution in [0.3, 0.4) is 0 Å². The number of amides is 1. The van der Waals surface area contributed by atoms with Crippen LogP contribution in [-0.2, 0) is 30.7 Å². The van der Waals surface area contributed by atoms with Crippen LogP contribution in [0.15, 0.2) is 58.8 Å². The maximum atomic E-state index is 12.9. The van der Waals surface area contributed by atoms with Crippen LogP contribution < -0.4 is 10.9 Å². The lowest BCUT2D eigenvalue weighted by atomic mass is 9.99. The molecule has 0 unspecified atom stereocenters. The molecule has 3 N–H and O–H groups in total. The highest BCUT2D eigenvalue weighted by atomic mass is 35.5. The quantitative estimate of drug-likeness (QED) is 0.335. The van der Waals surface area contributed by atoms with Gasteiger partial charge in [0.05, 0.1) is 23.9 Å². The summed E-state index contributed by atoms with van der Waals surface area (Å²) in [6, 6.07) is 13.4. The number of carbonyl (C=O) groups excluding carboxylic acids is 1. The van der Waals surface area contributed by atoms with Gasteiger partial charge >= 0.3 is 0 Å². The lowest BCUT2D eigenvalue weighted by Gasteiger charge is -2.08. The average Bonchev–Trinajstić information content (AvgIpc) is 3.41. The molecular formula is C24H23ClN4O3S. The van der Waals surface area contributed by atoms with Crippen LogP contribution in [0, 0.1) is 0 Å². The van der Waals surface area contributed by atoms with Gasteiger partial charge in [-0.25, -0.2) is 0 Å². The monoisotopic (exact) mass is 482 g/mol. The molecule has 0 saturated carbocycles. The van der Waals surface area contributed by atoms with Crippen molar-refractivity contribution in [2.45, 2.75) is 26.0 Å². The van der Waals surface area contributed by atoms with Crippen molar-refractivity contribution < 1.29 is 9.53 Å². The maximum absolute atomic E-state index is 12.9. The predicted molar refractivity (Wildman–Crippen MR) is 129 cm³/mol. The first-order chi connectivity index (χ1) is 16.0. The number of hydrogen-bond acceptors (Lipinski definition) is 5. The van der Waals surface area contributed by atoms with Crippen molar-refractivity contribution in [2.75, 3.05) is 7.11 Å². The lowest BCUT2D eigenvalue weighted by molar-refractivity contribution is 0.0945. The number of benzene rings is 1. The van der Waals surface area contributed by atoms with Gasteiger partial charge in [0.25, 0.3) is 11.5 Å². The number of carbonyl (C=O) groups is 1. The number of aromatic amines is 2. The van der Waals surface area contributed by atoms with Gasteiger partial charge in [-0.3, -0.25) is 14.7 Å². The van der Waals surface area contributed by atoms with E-state index in [0.717, 1.165) is 27.3 Å². The third-order valence-corrected chi connectivity index (χ3v) is 6.64. The van der Waals surface area contributed by atoms with Crippen LogP contribution >= 0.6 is 22.9 Å². The van der Waals surface area contributed by atoms with Crippen molar-refractivity contribution in [3.05, 3.63) is 108 Å². The molecule has 0 spiro atoms. The SMILES string of the molecule is COCc1[nH]nc(C(=O)NCc2sccc2Cl)c1Cc1ccc(Cc2ccc[nH]c2=O)cc1. The van der Waals surface area contributed by atoms with E-state index in [9.17, 15) is 9.59 Å². The first-order valence-corrected chi connectivity index (χ1v) is 11.6. The summed E-state index contributed by atoms with van der Waals surface area (Å²) in [6.07, 6.45) is 2.69. The number of hydrogen-bond donors (Lipinski definition) is 3. The second kappa shape index (κ2) is 10.6. The van der Waals surface area contributed by atoms with Gasteiger partial charge in [0.2, 0.25) is 0 Å². The zero-order valence-electron chi connectivity index (χ0n) is 18.0. The molecule has 1 aromatic carbocycles. The van der Waals surface area contributed by atoms with Crippen molar-refractivity contribution in [1.29, 1.82) is 0 Å². The minimum Gasteiger partial charge on any atom is -0.378 e. The smallest absolute Gasteiger partial charge is 0.272 e. The van der Waals surface area contributed by atoms with Gasteiger partial charge in [-0.15, -0.1) is 11.3 Å². The van der Waals surface area contributed by atoms with E-state index in [2.05, 4.69) is 20.5 Å². The van der Waals surface area contributed by atoms with Crippen LogP contribution in [-0.4, -0.2) is 28.2 Å². The highest BCUT2D eigenvalue weighted by molar-refractivity contribution is 7.10. The molecule has 0 bridgehead atoms. The van der Waals surface area contributed by atoms with Crippen molar-refractivity contribution in [2.24, 2.45) is 0 Å². The van der Waals surface area contributed by atoms with E-state index in [-0.39, 0.29) is 11.5 Å². The van der Waals surface area contributed by atoms with Gasteiger partial charge in [-0.05, 0) is 28.6 Å². The second-order valence-electron chi connectivity index (χ2n) is 7.53. The number of nitrogens with zero attached hydrogens (tertiary/aromatic N) is 1. The van der Waals surface area contributed by atoms with E-state index in [1.807, 2.05) is 47.8 Å². The number of pyridine rings is 1. The molecule has 3 aromatic heterocycles. The fourth-order valence-electron chi connectivity index (χ4n) is 3.53. The molecule has 0 aliphatic rings. The zero-order chi connectivity index (χ0) is 23.2. The van der Waals surface area contributed by atoms with Gasteiger partial charge in [-0.1, -0.05) is 41.9 Å². The van der Waals surface area contributed by atoms with E-state index in [1.54, 1.807) is 13.3 Å². The van der Waals surface area contributed by atoms with Crippen molar-refractivity contribution in [3.63, 3.8) is 0 Å². The van der Waals surface area contributed by atoms with Gasteiger partial charge in [0.1, 0.15) is 0 Å². The summed E-state index contributed by atoms with van der Waals surface area (Å²) >= 11 is 7.62. The number of rotatable bonds is 9. The number of ether oxygens (including phenoxy) is 1. The minimum atomic E-state index is -0.270. The van der Waals surface area contributed by atoms with Gasteiger partial charge in [-0.2, -0.15) is 5.10 Å². The summed E-state index contributed by atoms with van der Waals surface area (Å²) in [5.74, 6) is -0.270. The number of thiophene rings is 1. The number of nitrogens with one attached hydrogen (secondary N) is 3. The molecule has 9 heteroatoms. The summed E-state index contributed by atoms with van der Waals surface area (Å²) in [4.78, 5) is 28.4. The summed E-state index contributed by atoms with van der Waals surface area (Å²) in [7, 11) is 1.60. The maximum Gasteiger partial charge on any atom is 0.272 e. The van der Waals surface area contributed by atoms with Crippen molar-refractivity contribution in [1.82, 2.24) is 20.5 Å². The van der Waals surface area contributed by atoms with Crippen LogP contribution in [0.5, 0.6) is 0 Å². The third-order valence-electron chi connectivity index (χ3n) is 5.26. The molecule has 0 aliphatic carbocycles. The normalized spacial score (nSPS) is 11.0. The number of H-pyrrole nitrogens is 2. The van der Waals surface area contributed by atoms with Crippen molar-refractivity contribution >= 4 is 28.8 Å². The molecule has 4 aromatic rings. The van der Waals surface area contributed by atoms with E-state index in [0.29, 0.717) is 42.3 Å². The highest BCUT2D eigenvalue weighted by Crippen LogP contribution is 2.22. The van der Waals surface area contributed by atoms with E-state index < -0.39 is 0 Å². The van der Waals surface area contributed by atoms with Gasteiger partial charge in [0.15, 0.2) is 5.69 Å². The molecule has 0 radical (unpaired) electrons. The van der Waals surface area contributed by atoms with E-state index in [4.69, 9.17) is 16.3 Å². The molecule has 3 heterocycles. The van der Waals surface area contributed by atoms with Crippen LogP contribution in [0.4, 0.5) is 0 Å². The third kappa shape index (κ3) is 5.60. The Morgan fingerprint density at radius 2 is 1.91 bits per heavy atom. The Morgan fingerprint density at radius 1 is 1.15 bits per heavy atom. The minimum absolute atomic E-state index is 0.0799. The van der Waals surface area contributed by atoms with E-state index >= 15 is 0 Å². The Morgan fingerprint density at radius 3 is 2.58 bits per heavy atom. The largest absolute Gasteiger partial charge is 0.378 e. The van der Waals surface area contributed by atoms with Crippen LogP contribution in [0.2, 0.25) is 5.02 Å². The fraction of sp³-hybridized carbons (Fsp3) is 0.208. The molecule has 33 heavy (non-hydrogen) atoms. The topological polar surface area (TPSA) is 99.9 Å². The lowest BCUT2D eigenvalue weighted by Crippen LogP contribution is -2.24. The Labute approximate surface area is 199 Å². The van der Waals surface area contributed by atoms with E-state index in [1.165, 1.54) is 11.3 Å². The molecule has 0 aliphatic heterocycles. The second-order valence-corrected chi connectivity index (χ2v) is 8.94. The Balaban J connectivity index is 1.50. The average molecular weight is 483 g/mol. The molecule has 1 amide bonds. The first-order valence-electron chi connectivity index (χ1n) is 10.3. The molecule has 7 nitrogen and oxygen atoms in total.